The third-order valence-corrected chi connectivity index (χ3v) is 2.31. The first-order valence-electron chi connectivity index (χ1n) is 6.04. The standard InChI is InChI=1S/C11H21N3O5/c1-3-5-12-9(16)7-14(2)11(19)13-8(4-6-15)10(17)18/h8,15H,3-7H2,1-2H3,(H,12,16)(H,13,19)(H,17,18). The van der Waals surface area contributed by atoms with Crippen LogP contribution in [0, 0.1) is 0 Å². The first-order chi connectivity index (χ1) is 8.92. The molecule has 0 aliphatic carbocycles. The van der Waals surface area contributed by atoms with Gasteiger partial charge in [0.2, 0.25) is 5.91 Å². The number of nitrogens with zero attached hydrogens (tertiary/aromatic N) is 1. The quantitative estimate of drug-likeness (QED) is 0.452. The van der Waals surface area contributed by atoms with Crippen LogP contribution in [0.5, 0.6) is 0 Å². The first kappa shape index (κ1) is 17.2. The minimum Gasteiger partial charge on any atom is -0.480 e. The largest absolute Gasteiger partial charge is 0.480 e. The molecule has 8 heteroatoms. The van der Waals surface area contributed by atoms with Crippen LogP contribution in [0.15, 0.2) is 0 Å². The van der Waals surface area contributed by atoms with Gasteiger partial charge in [-0.1, -0.05) is 6.92 Å². The number of nitrogens with one attached hydrogen (secondary N) is 2. The summed E-state index contributed by atoms with van der Waals surface area (Å²) in [5.74, 6) is -1.54. The number of hydrogen-bond donors (Lipinski definition) is 4. The van der Waals surface area contributed by atoms with Gasteiger partial charge >= 0.3 is 12.0 Å². The molecule has 0 saturated heterocycles. The Balaban J connectivity index is 4.24. The number of urea groups is 1. The minimum atomic E-state index is -1.23. The maximum Gasteiger partial charge on any atom is 0.326 e. The number of carboxylic acid groups (broad SMARTS) is 1. The number of aliphatic hydroxyl groups is 1. The van der Waals surface area contributed by atoms with Gasteiger partial charge in [-0.15, -0.1) is 0 Å². The van der Waals surface area contributed by atoms with E-state index in [2.05, 4.69) is 10.6 Å². The maximum atomic E-state index is 11.6. The van der Waals surface area contributed by atoms with Crippen LogP contribution in [0.4, 0.5) is 4.79 Å². The van der Waals surface area contributed by atoms with Crippen LogP contribution in [0.1, 0.15) is 19.8 Å². The van der Waals surface area contributed by atoms with Crippen LogP contribution in [0.2, 0.25) is 0 Å². The second-order valence-electron chi connectivity index (χ2n) is 4.06. The molecule has 0 aromatic heterocycles. The highest BCUT2D eigenvalue weighted by molar-refractivity contribution is 5.86. The lowest BCUT2D eigenvalue weighted by atomic mass is 10.2. The van der Waals surface area contributed by atoms with Crippen LogP contribution >= 0.6 is 0 Å². The zero-order chi connectivity index (χ0) is 14.8. The molecule has 110 valence electrons. The molecule has 4 N–H and O–H groups in total. The van der Waals surface area contributed by atoms with Crippen molar-refractivity contribution in [1.29, 1.82) is 0 Å². The fourth-order valence-corrected chi connectivity index (χ4v) is 1.25. The molecule has 0 aliphatic rings. The number of hydrogen-bond acceptors (Lipinski definition) is 4. The summed E-state index contributed by atoms with van der Waals surface area (Å²) in [7, 11) is 1.39. The maximum absolute atomic E-state index is 11.6. The molecule has 1 unspecified atom stereocenters. The van der Waals surface area contributed by atoms with Gasteiger partial charge in [-0.2, -0.15) is 0 Å². The van der Waals surface area contributed by atoms with Gasteiger partial charge in [0.15, 0.2) is 0 Å². The number of rotatable bonds is 8. The van der Waals surface area contributed by atoms with Gasteiger partial charge in [-0.3, -0.25) is 4.79 Å². The molecule has 0 aromatic carbocycles. The lowest BCUT2D eigenvalue weighted by Crippen LogP contribution is -2.49. The Morgan fingerprint density at radius 1 is 1.32 bits per heavy atom. The predicted molar refractivity (Wildman–Crippen MR) is 67.6 cm³/mol. The molecule has 1 atom stereocenters. The van der Waals surface area contributed by atoms with Gasteiger partial charge in [0.05, 0.1) is 0 Å². The van der Waals surface area contributed by atoms with Crippen LogP contribution in [0.3, 0.4) is 0 Å². The summed E-state index contributed by atoms with van der Waals surface area (Å²) in [6.07, 6.45) is 0.705. The summed E-state index contributed by atoms with van der Waals surface area (Å²) < 4.78 is 0. The van der Waals surface area contributed by atoms with Crippen LogP contribution in [0.25, 0.3) is 0 Å². The summed E-state index contributed by atoms with van der Waals surface area (Å²) in [5.41, 5.74) is 0. The van der Waals surface area contributed by atoms with Gasteiger partial charge in [0.1, 0.15) is 12.6 Å². The third kappa shape index (κ3) is 7.24. The molecule has 3 amide bonds. The molecule has 0 bridgehead atoms. The van der Waals surface area contributed by atoms with E-state index in [4.69, 9.17) is 10.2 Å². The number of carbonyl (C=O) groups is 3. The highest BCUT2D eigenvalue weighted by Gasteiger charge is 2.21. The van der Waals surface area contributed by atoms with Gasteiger partial charge in [0.25, 0.3) is 0 Å². The second-order valence-corrected chi connectivity index (χ2v) is 4.06. The number of carbonyl (C=O) groups excluding carboxylic acids is 2. The molecule has 19 heavy (non-hydrogen) atoms. The van der Waals surface area contributed by atoms with Gasteiger partial charge in [0, 0.05) is 26.6 Å². The van der Waals surface area contributed by atoms with Crippen molar-refractivity contribution >= 4 is 17.9 Å². The molecule has 0 saturated carbocycles. The van der Waals surface area contributed by atoms with Gasteiger partial charge < -0.3 is 25.7 Å². The Morgan fingerprint density at radius 2 is 1.95 bits per heavy atom. The lowest BCUT2D eigenvalue weighted by Gasteiger charge is -2.20. The number of aliphatic hydroxyl groups excluding tert-OH is 1. The Kier molecular flexibility index (Phi) is 8.27. The number of amides is 3. The van der Waals surface area contributed by atoms with E-state index in [0.29, 0.717) is 6.54 Å². The average Bonchev–Trinajstić information content (AvgIpc) is 2.35. The van der Waals surface area contributed by atoms with Crippen molar-refractivity contribution < 1.29 is 24.6 Å². The molecule has 8 nitrogen and oxygen atoms in total. The van der Waals surface area contributed by atoms with E-state index in [0.717, 1.165) is 11.3 Å². The van der Waals surface area contributed by atoms with Gasteiger partial charge in [-0.25, -0.2) is 9.59 Å². The molecule has 0 aliphatic heterocycles. The van der Waals surface area contributed by atoms with Crippen molar-refractivity contribution in [2.75, 3.05) is 26.7 Å². The van der Waals surface area contributed by atoms with Crippen molar-refractivity contribution in [3.05, 3.63) is 0 Å². The van der Waals surface area contributed by atoms with Crippen LogP contribution in [-0.4, -0.2) is 65.8 Å². The highest BCUT2D eigenvalue weighted by Crippen LogP contribution is 1.94. The Morgan fingerprint density at radius 3 is 2.42 bits per heavy atom. The smallest absolute Gasteiger partial charge is 0.326 e. The molecule has 0 heterocycles. The molecule has 0 rings (SSSR count). The molecule has 0 spiro atoms. The summed E-state index contributed by atoms with van der Waals surface area (Å²) in [6.45, 7) is 1.93. The minimum absolute atomic E-state index is 0.0864. The SMILES string of the molecule is CCCNC(=O)CN(C)C(=O)NC(CCO)C(=O)O. The summed E-state index contributed by atoms with van der Waals surface area (Å²) >= 11 is 0. The molecular weight excluding hydrogens is 254 g/mol. The van der Waals surface area contributed by atoms with Crippen LogP contribution in [-0.2, 0) is 9.59 Å². The second kappa shape index (κ2) is 9.15. The van der Waals surface area contributed by atoms with Gasteiger partial charge in [-0.05, 0) is 6.42 Å². The van der Waals surface area contributed by atoms with E-state index < -0.39 is 18.0 Å². The van der Waals surface area contributed by atoms with E-state index in [9.17, 15) is 14.4 Å². The first-order valence-corrected chi connectivity index (χ1v) is 6.04. The van der Waals surface area contributed by atoms with E-state index in [1.54, 1.807) is 0 Å². The van der Waals surface area contributed by atoms with Crippen molar-refractivity contribution in [1.82, 2.24) is 15.5 Å². The zero-order valence-electron chi connectivity index (χ0n) is 11.2. The summed E-state index contributed by atoms with van der Waals surface area (Å²) in [5, 5.41) is 22.3. The Bertz CT molecular complexity index is 321. The lowest BCUT2D eigenvalue weighted by molar-refractivity contribution is -0.139. The normalized spacial score (nSPS) is 11.5. The van der Waals surface area contributed by atoms with Crippen molar-refractivity contribution in [3.8, 4) is 0 Å². The van der Waals surface area contributed by atoms with Crippen molar-refractivity contribution in [2.45, 2.75) is 25.8 Å². The highest BCUT2D eigenvalue weighted by atomic mass is 16.4. The fourth-order valence-electron chi connectivity index (χ4n) is 1.25. The molecule has 0 aromatic rings. The van der Waals surface area contributed by atoms with E-state index in [-0.39, 0.29) is 25.5 Å². The van der Waals surface area contributed by atoms with Crippen molar-refractivity contribution in [2.24, 2.45) is 0 Å². The van der Waals surface area contributed by atoms with Crippen LogP contribution < -0.4 is 10.6 Å². The molecule has 0 fully saturated rings. The summed E-state index contributed by atoms with van der Waals surface area (Å²) in [6, 6.07) is -1.84. The van der Waals surface area contributed by atoms with E-state index >= 15 is 0 Å². The monoisotopic (exact) mass is 275 g/mol. The fraction of sp³-hybridized carbons (Fsp3) is 0.727. The number of carboxylic acids is 1. The molecule has 0 radical (unpaired) electrons. The predicted octanol–water partition coefficient (Wildman–Crippen LogP) is -1.01. The Hall–Kier alpha value is -1.83. The Labute approximate surface area is 111 Å². The van der Waals surface area contributed by atoms with Crippen molar-refractivity contribution in [3.63, 3.8) is 0 Å². The summed E-state index contributed by atoms with van der Waals surface area (Å²) in [4.78, 5) is 34.9. The topological polar surface area (TPSA) is 119 Å². The average molecular weight is 275 g/mol. The van der Waals surface area contributed by atoms with E-state index in [1.807, 2.05) is 6.92 Å². The number of aliphatic carboxylic acids is 1. The molecular formula is C11H21N3O5. The zero-order valence-corrected chi connectivity index (χ0v) is 11.2. The third-order valence-electron chi connectivity index (χ3n) is 2.31. The van der Waals surface area contributed by atoms with E-state index in [1.165, 1.54) is 7.05 Å². The number of likely N-dealkylation sites (N-methyl/N-ethyl adjacent to an activating group) is 1.